The van der Waals surface area contributed by atoms with Gasteiger partial charge in [0.15, 0.2) is 0 Å². The molecule has 0 atom stereocenters. The number of aromatic nitrogens is 3. The Labute approximate surface area is 168 Å². The number of carbonyl (C=O) groups excluding carboxylic acids is 1. The van der Waals surface area contributed by atoms with Crippen LogP contribution in [0.1, 0.15) is 53.6 Å². The highest BCUT2D eigenvalue weighted by Crippen LogP contribution is 2.28. The second-order valence-corrected chi connectivity index (χ2v) is 7.55. The van der Waals surface area contributed by atoms with E-state index in [1.54, 1.807) is 42.2 Å². The Morgan fingerprint density at radius 1 is 1.17 bits per heavy atom. The lowest BCUT2D eigenvalue weighted by Crippen LogP contribution is -2.39. The van der Waals surface area contributed by atoms with Crippen molar-refractivity contribution in [3.63, 3.8) is 0 Å². The zero-order valence-electron chi connectivity index (χ0n) is 16.6. The van der Waals surface area contributed by atoms with Crippen LogP contribution in [0.4, 0.5) is 0 Å². The van der Waals surface area contributed by atoms with E-state index >= 15 is 0 Å². The third-order valence-electron chi connectivity index (χ3n) is 5.45. The van der Waals surface area contributed by atoms with Crippen molar-refractivity contribution in [1.29, 1.82) is 0 Å². The van der Waals surface area contributed by atoms with Crippen LogP contribution in [0, 0.1) is 13.8 Å². The molecule has 3 aromatic rings. The van der Waals surface area contributed by atoms with Gasteiger partial charge in [0.25, 0.3) is 11.5 Å². The second kappa shape index (κ2) is 8.03. The van der Waals surface area contributed by atoms with Crippen LogP contribution < -0.4 is 10.9 Å². The molecule has 1 aliphatic rings. The van der Waals surface area contributed by atoms with Crippen molar-refractivity contribution in [3.05, 3.63) is 70.2 Å². The molecule has 0 spiro atoms. The third-order valence-corrected chi connectivity index (χ3v) is 5.45. The smallest absolute Gasteiger partial charge is 0.267 e. The van der Waals surface area contributed by atoms with E-state index in [-0.39, 0.29) is 23.6 Å². The van der Waals surface area contributed by atoms with E-state index in [1.165, 1.54) is 0 Å². The Kier molecular flexibility index (Phi) is 5.29. The SMILES string of the molecule is Cc1cc(C(=O)NC2CCC(n3nc(-c4cccnc4)ccc3=O)CC2)c(C)o1. The van der Waals surface area contributed by atoms with Crippen LogP contribution >= 0.6 is 0 Å². The predicted octanol–water partition coefficient (Wildman–Crippen LogP) is 3.43. The molecule has 3 aromatic heterocycles. The second-order valence-electron chi connectivity index (χ2n) is 7.55. The molecule has 1 N–H and O–H groups in total. The summed E-state index contributed by atoms with van der Waals surface area (Å²) in [6, 6.07) is 8.96. The maximum absolute atomic E-state index is 12.5. The van der Waals surface area contributed by atoms with Crippen LogP contribution in [0.2, 0.25) is 0 Å². The fraction of sp³-hybridized carbons (Fsp3) is 0.364. The highest BCUT2D eigenvalue weighted by molar-refractivity contribution is 5.95. The number of carbonyl (C=O) groups is 1. The molecule has 1 saturated carbocycles. The molecule has 0 radical (unpaired) electrons. The van der Waals surface area contributed by atoms with Crippen LogP contribution in [-0.2, 0) is 0 Å². The standard InChI is InChI=1S/C22H24N4O3/c1-14-12-19(15(2)29-14)22(28)24-17-5-7-18(8-6-17)26-21(27)10-9-20(25-26)16-4-3-11-23-13-16/h3-4,9-13,17-18H,5-8H2,1-2H3,(H,24,28). The summed E-state index contributed by atoms with van der Waals surface area (Å²) in [6.45, 7) is 3.63. The molecule has 0 aliphatic heterocycles. The maximum Gasteiger partial charge on any atom is 0.267 e. The van der Waals surface area contributed by atoms with Gasteiger partial charge in [0, 0.05) is 30.1 Å². The van der Waals surface area contributed by atoms with Gasteiger partial charge in [-0.15, -0.1) is 0 Å². The fourth-order valence-electron chi connectivity index (χ4n) is 3.94. The van der Waals surface area contributed by atoms with Gasteiger partial charge in [-0.25, -0.2) is 4.68 Å². The maximum atomic E-state index is 12.5. The number of nitrogens with zero attached hydrogens (tertiary/aromatic N) is 3. The Bertz CT molecular complexity index is 1060. The van der Waals surface area contributed by atoms with Crippen LogP contribution in [0.3, 0.4) is 0 Å². The largest absolute Gasteiger partial charge is 0.466 e. The first-order valence-electron chi connectivity index (χ1n) is 9.89. The summed E-state index contributed by atoms with van der Waals surface area (Å²) in [4.78, 5) is 29.0. The molecule has 0 aromatic carbocycles. The van der Waals surface area contributed by atoms with E-state index in [2.05, 4.69) is 15.4 Å². The van der Waals surface area contributed by atoms with Gasteiger partial charge in [0.1, 0.15) is 11.5 Å². The highest BCUT2D eigenvalue weighted by atomic mass is 16.3. The number of pyridine rings is 1. The van der Waals surface area contributed by atoms with E-state index in [0.29, 0.717) is 11.3 Å². The summed E-state index contributed by atoms with van der Waals surface area (Å²) < 4.78 is 7.04. The van der Waals surface area contributed by atoms with Crippen molar-refractivity contribution in [2.24, 2.45) is 0 Å². The van der Waals surface area contributed by atoms with Crippen molar-refractivity contribution < 1.29 is 9.21 Å². The molecule has 0 saturated heterocycles. The molecular weight excluding hydrogens is 368 g/mol. The summed E-state index contributed by atoms with van der Waals surface area (Å²) in [7, 11) is 0. The van der Waals surface area contributed by atoms with Gasteiger partial charge in [-0.2, -0.15) is 5.10 Å². The lowest BCUT2D eigenvalue weighted by atomic mass is 9.91. The van der Waals surface area contributed by atoms with E-state index < -0.39 is 0 Å². The molecule has 1 fully saturated rings. The lowest BCUT2D eigenvalue weighted by Gasteiger charge is -2.29. The van der Waals surface area contributed by atoms with Crippen molar-refractivity contribution >= 4 is 5.91 Å². The molecule has 3 heterocycles. The zero-order valence-corrected chi connectivity index (χ0v) is 16.6. The minimum absolute atomic E-state index is 0.0326. The van der Waals surface area contributed by atoms with Gasteiger partial charge in [0.2, 0.25) is 0 Å². The van der Waals surface area contributed by atoms with Crippen LogP contribution in [0.15, 0.2) is 51.9 Å². The topological polar surface area (TPSA) is 90.0 Å². The van der Waals surface area contributed by atoms with Gasteiger partial charge < -0.3 is 9.73 Å². The van der Waals surface area contributed by atoms with Gasteiger partial charge in [-0.3, -0.25) is 14.6 Å². The summed E-state index contributed by atoms with van der Waals surface area (Å²) >= 11 is 0. The Morgan fingerprint density at radius 3 is 2.62 bits per heavy atom. The number of aryl methyl sites for hydroxylation is 2. The van der Waals surface area contributed by atoms with Crippen molar-refractivity contribution in [1.82, 2.24) is 20.1 Å². The van der Waals surface area contributed by atoms with E-state index in [4.69, 9.17) is 4.42 Å². The molecule has 7 heteroatoms. The van der Waals surface area contributed by atoms with Crippen LogP contribution in [0.5, 0.6) is 0 Å². The number of amides is 1. The minimum atomic E-state index is -0.102. The molecule has 1 aliphatic carbocycles. The van der Waals surface area contributed by atoms with Gasteiger partial charge >= 0.3 is 0 Å². The van der Waals surface area contributed by atoms with E-state index in [1.807, 2.05) is 19.1 Å². The third kappa shape index (κ3) is 4.13. The average Bonchev–Trinajstić information content (AvgIpc) is 3.08. The first-order valence-corrected chi connectivity index (χ1v) is 9.89. The zero-order chi connectivity index (χ0) is 20.4. The highest BCUT2D eigenvalue weighted by Gasteiger charge is 2.26. The number of furan rings is 1. The van der Waals surface area contributed by atoms with Gasteiger partial charge in [0.05, 0.1) is 17.3 Å². The van der Waals surface area contributed by atoms with Gasteiger partial charge in [-0.1, -0.05) is 0 Å². The van der Waals surface area contributed by atoms with E-state index in [9.17, 15) is 9.59 Å². The molecule has 0 unspecified atom stereocenters. The molecule has 29 heavy (non-hydrogen) atoms. The average molecular weight is 392 g/mol. The Morgan fingerprint density at radius 2 is 1.97 bits per heavy atom. The van der Waals surface area contributed by atoms with E-state index in [0.717, 1.165) is 42.7 Å². The predicted molar refractivity (Wildman–Crippen MR) is 109 cm³/mol. The quantitative estimate of drug-likeness (QED) is 0.735. The molecular formula is C22H24N4O3. The molecule has 7 nitrogen and oxygen atoms in total. The number of rotatable bonds is 4. The summed E-state index contributed by atoms with van der Waals surface area (Å²) in [5.41, 5.74) is 2.10. The lowest BCUT2D eigenvalue weighted by molar-refractivity contribution is 0.0920. The molecule has 1 amide bonds. The summed E-state index contributed by atoms with van der Waals surface area (Å²) in [6.07, 6.45) is 6.63. The van der Waals surface area contributed by atoms with Gasteiger partial charge in [-0.05, 0) is 63.8 Å². The summed E-state index contributed by atoms with van der Waals surface area (Å²) in [5.74, 6) is 1.27. The molecule has 150 valence electrons. The number of hydrogen-bond donors (Lipinski definition) is 1. The molecule has 4 rings (SSSR count). The minimum Gasteiger partial charge on any atom is -0.466 e. The van der Waals surface area contributed by atoms with Crippen molar-refractivity contribution in [3.8, 4) is 11.3 Å². The van der Waals surface area contributed by atoms with Crippen molar-refractivity contribution in [2.75, 3.05) is 0 Å². The Balaban J connectivity index is 1.43. The van der Waals surface area contributed by atoms with Crippen LogP contribution in [0.25, 0.3) is 11.3 Å². The molecule has 0 bridgehead atoms. The number of hydrogen-bond acceptors (Lipinski definition) is 5. The monoisotopic (exact) mass is 392 g/mol. The first-order chi connectivity index (χ1) is 14.0. The van der Waals surface area contributed by atoms with Crippen LogP contribution in [-0.4, -0.2) is 26.7 Å². The normalized spacial score (nSPS) is 19.1. The first kappa shape index (κ1) is 19.1. The van der Waals surface area contributed by atoms with Crippen molar-refractivity contribution in [2.45, 2.75) is 51.6 Å². The summed E-state index contributed by atoms with van der Waals surface area (Å²) in [5, 5.41) is 7.68. The number of nitrogens with one attached hydrogen (secondary N) is 1. The Hall–Kier alpha value is -3.22. The fourth-order valence-corrected chi connectivity index (χ4v) is 3.94.